The van der Waals surface area contributed by atoms with E-state index in [9.17, 15) is 4.79 Å². The molecule has 1 fully saturated rings. The van der Waals surface area contributed by atoms with E-state index in [1.165, 1.54) is 0 Å². The maximum Gasteiger partial charge on any atom is 0.227 e. The lowest BCUT2D eigenvalue weighted by atomic mass is 10.0. The zero-order valence-electron chi connectivity index (χ0n) is 8.47. The molecule has 0 spiro atoms. The molecule has 0 aliphatic carbocycles. The highest BCUT2D eigenvalue weighted by Gasteiger charge is 2.29. The van der Waals surface area contributed by atoms with Crippen molar-refractivity contribution in [3.63, 3.8) is 0 Å². The van der Waals surface area contributed by atoms with E-state index in [1.807, 2.05) is 12.1 Å². The predicted octanol–water partition coefficient (Wildman–Crippen LogP) is 0.0748. The van der Waals surface area contributed by atoms with E-state index in [0.717, 1.165) is 5.56 Å². The van der Waals surface area contributed by atoms with Crippen LogP contribution >= 0.6 is 0 Å². The molecule has 4 heteroatoms. The Morgan fingerprint density at radius 1 is 1.47 bits per heavy atom. The van der Waals surface area contributed by atoms with E-state index in [-0.39, 0.29) is 18.4 Å². The van der Waals surface area contributed by atoms with E-state index < -0.39 is 0 Å². The molecule has 2 rings (SSSR count). The third-order valence-corrected chi connectivity index (χ3v) is 2.67. The number of likely N-dealkylation sites (tertiary alicyclic amines) is 1. The monoisotopic (exact) mass is 206 g/mol. The fourth-order valence-electron chi connectivity index (χ4n) is 1.68. The third-order valence-electron chi connectivity index (χ3n) is 2.67. The van der Waals surface area contributed by atoms with Gasteiger partial charge in [-0.05, 0) is 17.7 Å². The summed E-state index contributed by atoms with van der Waals surface area (Å²) in [6.07, 6.45) is 3.81. The van der Waals surface area contributed by atoms with Gasteiger partial charge >= 0.3 is 0 Å². The molecule has 0 bridgehead atoms. The van der Waals surface area contributed by atoms with E-state index in [1.54, 1.807) is 17.3 Å². The van der Waals surface area contributed by atoms with Crippen LogP contribution in [0.3, 0.4) is 0 Å². The van der Waals surface area contributed by atoms with E-state index in [2.05, 4.69) is 4.98 Å². The highest BCUT2D eigenvalue weighted by atomic mass is 16.3. The molecular formula is C11H14N2O2. The van der Waals surface area contributed by atoms with Crippen molar-refractivity contribution in [1.29, 1.82) is 0 Å². The van der Waals surface area contributed by atoms with Gasteiger partial charge in [-0.2, -0.15) is 0 Å². The Balaban J connectivity index is 1.84. The first kappa shape index (κ1) is 10.1. The first-order valence-corrected chi connectivity index (χ1v) is 5.07. The highest BCUT2D eigenvalue weighted by molar-refractivity contribution is 5.79. The van der Waals surface area contributed by atoms with Crippen molar-refractivity contribution in [1.82, 2.24) is 9.88 Å². The number of aromatic nitrogens is 1. The maximum absolute atomic E-state index is 11.7. The molecule has 1 amide bonds. The highest BCUT2D eigenvalue weighted by Crippen LogP contribution is 2.15. The smallest absolute Gasteiger partial charge is 0.227 e. The molecule has 1 N–H and O–H groups in total. The third kappa shape index (κ3) is 2.33. The number of carbonyl (C=O) groups is 1. The topological polar surface area (TPSA) is 53.4 Å². The first-order chi connectivity index (χ1) is 7.29. The van der Waals surface area contributed by atoms with Gasteiger partial charge in [0.25, 0.3) is 0 Å². The minimum Gasteiger partial charge on any atom is -0.396 e. The van der Waals surface area contributed by atoms with Gasteiger partial charge < -0.3 is 10.0 Å². The average molecular weight is 206 g/mol. The summed E-state index contributed by atoms with van der Waals surface area (Å²) < 4.78 is 0. The standard InChI is InChI=1S/C11H14N2O2/c14-8-10-6-13(7-10)11(15)5-9-1-3-12-4-2-9/h1-4,10,14H,5-8H2. The van der Waals surface area contributed by atoms with Crippen LogP contribution in [0.1, 0.15) is 5.56 Å². The lowest BCUT2D eigenvalue weighted by Gasteiger charge is -2.38. The quantitative estimate of drug-likeness (QED) is 0.761. The number of hydrogen-bond donors (Lipinski definition) is 1. The molecule has 4 nitrogen and oxygen atoms in total. The van der Waals surface area contributed by atoms with Crippen molar-refractivity contribution in [2.24, 2.45) is 5.92 Å². The van der Waals surface area contributed by atoms with Gasteiger partial charge in [0.2, 0.25) is 5.91 Å². The Kier molecular flexibility index (Phi) is 2.97. The summed E-state index contributed by atoms with van der Waals surface area (Å²) in [6, 6.07) is 3.70. The molecule has 0 saturated carbocycles. The van der Waals surface area contributed by atoms with Crippen LogP contribution in [-0.2, 0) is 11.2 Å². The van der Waals surface area contributed by atoms with Gasteiger partial charge in [0.05, 0.1) is 6.42 Å². The van der Waals surface area contributed by atoms with Crippen LogP contribution in [-0.4, -0.2) is 40.6 Å². The molecule has 2 heterocycles. The fourth-order valence-corrected chi connectivity index (χ4v) is 1.68. The Morgan fingerprint density at radius 2 is 2.13 bits per heavy atom. The van der Waals surface area contributed by atoms with Crippen LogP contribution in [0.15, 0.2) is 24.5 Å². The number of aliphatic hydroxyl groups excluding tert-OH is 1. The van der Waals surface area contributed by atoms with Crippen LogP contribution < -0.4 is 0 Å². The number of aliphatic hydroxyl groups is 1. The summed E-state index contributed by atoms with van der Waals surface area (Å²) >= 11 is 0. The molecule has 0 radical (unpaired) electrons. The summed E-state index contributed by atoms with van der Waals surface area (Å²) in [5.74, 6) is 0.414. The largest absolute Gasteiger partial charge is 0.396 e. The summed E-state index contributed by atoms with van der Waals surface area (Å²) in [5.41, 5.74) is 0.988. The molecule has 1 aliphatic rings. The number of pyridine rings is 1. The van der Waals surface area contributed by atoms with Crippen molar-refractivity contribution >= 4 is 5.91 Å². The van der Waals surface area contributed by atoms with Crippen LogP contribution in [0.25, 0.3) is 0 Å². The van der Waals surface area contributed by atoms with Crippen molar-refractivity contribution < 1.29 is 9.90 Å². The molecule has 80 valence electrons. The van der Waals surface area contributed by atoms with Crippen LogP contribution in [0.4, 0.5) is 0 Å². The second-order valence-electron chi connectivity index (χ2n) is 3.88. The zero-order valence-corrected chi connectivity index (χ0v) is 8.47. The number of rotatable bonds is 3. The summed E-state index contributed by atoms with van der Waals surface area (Å²) in [4.78, 5) is 17.4. The molecule has 15 heavy (non-hydrogen) atoms. The van der Waals surface area contributed by atoms with E-state index in [4.69, 9.17) is 5.11 Å². The maximum atomic E-state index is 11.7. The summed E-state index contributed by atoms with van der Waals surface area (Å²) in [7, 11) is 0. The number of nitrogens with zero attached hydrogens (tertiary/aromatic N) is 2. The lowest BCUT2D eigenvalue weighted by Crippen LogP contribution is -2.51. The van der Waals surface area contributed by atoms with Gasteiger partial charge in [-0.3, -0.25) is 9.78 Å². The molecule has 1 saturated heterocycles. The molecule has 1 aliphatic heterocycles. The molecular weight excluding hydrogens is 192 g/mol. The second-order valence-corrected chi connectivity index (χ2v) is 3.88. The number of amides is 1. The number of hydrogen-bond acceptors (Lipinski definition) is 3. The van der Waals surface area contributed by atoms with Gasteiger partial charge in [-0.25, -0.2) is 0 Å². The lowest BCUT2D eigenvalue weighted by molar-refractivity contribution is -0.137. The van der Waals surface area contributed by atoms with Crippen LogP contribution in [0.2, 0.25) is 0 Å². The Morgan fingerprint density at radius 3 is 2.73 bits per heavy atom. The van der Waals surface area contributed by atoms with Gasteiger partial charge in [-0.1, -0.05) is 0 Å². The minimum absolute atomic E-state index is 0.130. The predicted molar refractivity (Wildman–Crippen MR) is 55.1 cm³/mol. The van der Waals surface area contributed by atoms with Crippen LogP contribution in [0, 0.1) is 5.92 Å². The van der Waals surface area contributed by atoms with Crippen LogP contribution in [0.5, 0.6) is 0 Å². The van der Waals surface area contributed by atoms with Crippen molar-refractivity contribution in [2.75, 3.05) is 19.7 Å². The summed E-state index contributed by atoms with van der Waals surface area (Å²) in [6.45, 7) is 1.57. The molecule has 0 atom stereocenters. The van der Waals surface area contributed by atoms with Crippen molar-refractivity contribution in [2.45, 2.75) is 6.42 Å². The van der Waals surface area contributed by atoms with E-state index in [0.29, 0.717) is 19.5 Å². The Bertz CT molecular complexity index is 334. The SMILES string of the molecule is O=C(Cc1ccncc1)N1CC(CO)C1. The van der Waals surface area contributed by atoms with Gasteiger partial charge in [0, 0.05) is 38.0 Å². The van der Waals surface area contributed by atoms with Gasteiger partial charge in [0.15, 0.2) is 0 Å². The molecule has 0 unspecified atom stereocenters. The average Bonchev–Trinajstić information content (AvgIpc) is 2.17. The Hall–Kier alpha value is -1.42. The molecule has 1 aromatic heterocycles. The summed E-state index contributed by atoms with van der Waals surface area (Å²) in [5, 5.41) is 8.83. The minimum atomic E-state index is 0.130. The fraction of sp³-hybridized carbons (Fsp3) is 0.455. The second kappa shape index (κ2) is 4.40. The van der Waals surface area contributed by atoms with Gasteiger partial charge in [-0.15, -0.1) is 0 Å². The van der Waals surface area contributed by atoms with Gasteiger partial charge in [0.1, 0.15) is 0 Å². The normalized spacial score (nSPS) is 16.2. The van der Waals surface area contributed by atoms with E-state index >= 15 is 0 Å². The van der Waals surface area contributed by atoms with Crippen molar-refractivity contribution in [3.8, 4) is 0 Å². The first-order valence-electron chi connectivity index (χ1n) is 5.07. The molecule has 0 aromatic carbocycles. The zero-order chi connectivity index (χ0) is 10.7. The molecule has 1 aromatic rings. The Labute approximate surface area is 88.6 Å². The van der Waals surface area contributed by atoms with Crippen molar-refractivity contribution in [3.05, 3.63) is 30.1 Å². The number of carbonyl (C=O) groups excluding carboxylic acids is 1.